The molecule has 0 aromatic heterocycles. The Bertz CT molecular complexity index is 642. The van der Waals surface area contributed by atoms with E-state index in [0.717, 1.165) is 6.07 Å². The van der Waals surface area contributed by atoms with Gasteiger partial charge in [-0.15, -0.1) is 0 Å². The summed E-state index contributed by atoms with van der Waals surface area (Å²) in [5.41, 5.74) is 0. The Balaban J connectivity index is 2.08. The lowest BCUT2D eigenvalue weighted by Crippen LogP contribution is -2.54. The second-order valence-electron chi connectivity index (χ2n) is 5.16. The van der Waals surface area contributed by atoms with Gasteiger partial charge in [-0.1, -0.05) is 12.1 Å². The van der Waals surface area contributed by atoms with Crippen LogP contribution in [-0.2, 0) is 14.8 Å². The monoisotopic (exact) mass is 329 g/mol. The average Bonchev–Trinajstić information content (AvgIpc) is 2.53. The summed E-state index contributed by atoms with van der Waals surface area (Å²) >= 11 is 0. The van der Waals surface area contributed by atoms with Gasteiger partial charge in [0.1, 0.15) is 10.7 Å². The highest BCUT2D eigenvalue weighted by Crippen LogP contribution is 2.20. The molecule has 0 unspecified atom stereocenters. The molecule has 0 aliphatic carbocycles. The van der Waals surface area contributed by atoms with Crippen molar-refractivity contribution < 1.29 is 17.6 Å². The average molecular weight is 329 g/mol. The molecule has 122 valence electrons. The van der Waals surface area contributed by atoms with Crippen molar-refractivity contribution in [3.63, 3.8) is 0 Å². The predicted molar refractivity (Wildman–Crippen MR) is 80.3 cm³/mol. The van der Waals surface area contributed by atoms with Crippen LogP contribution in [0.3, 0.4) is 0 Å². The third kappa shape index (κ3) is 3.29. The van der Waals surface area contributed by atoms with Crippen molar-refractivity contribution in [3.8, 4) is 0 Å². The molecule has 1 aromatic carbocycles. The molecule has 1 fully saturated rings. The third-order valence-electron chi connectivity index (χ3n) is 3.90. The van der Waals surface area contributed by atoms with Gasteiger partial charge in [-0.05, 0) is 19.1 Å². The van der Waals surface area contributed by atoms with Crippen molar-refractivity contribution >= 4 is 15.9 Å². The summed E-state index contributed by atoms with van der Waals surface area (Å²) in [6.45, 7) is 3.11. The molecule has 2 rings (SSSR count). The highest BCUT2D eigenvalue weighted by Gasteiger charge is 2.32. The number of sulfonamides is 1. The Morgan fingerprint density at radius 2 is 1.82 bits per heavy atom. The number of nitrogens with zero attached hydrogens (tertiary/aromatic N) is 2. The van der Waals surface area contributed by atoms with Crippen LogP contribution in [0, 0.1) is 5.82 Å². The summed E-state index contributed by atoms with van der Waals surface area (Å²) in [6.07, 6.45) is 0. The van der Waals surface area contributed by atoms with Crippen LogP contribution in [0.5, 0.6) is 0 Å². The maximum Gasteiger partial charge on any atom is 0.246 e. The third-order valence-corrected chi connectivity index (χ3v) is 5.83. The lowest BCUT2D eigenvalue weighted by atomic mass is 10.2. The van der Waals surface area contributed by atoms with Gasteiger partial charge in [-0.25, -0.2) is 12.8 Å². The summed E-state index contributed by atoms with van der Waals surface area (Å²) in [5, 5.41) is 2.57. The van der Waals surface area contributed by atoms with E-state index in [1.165, 1.54) is 22.5 Å². The predicted octanol–water partition coefficient (Wildman–Crippen LogP) is 0.267. The number of piperazine rings is 1. The lowest BCUT2D eigenvalue weighted by molar-refractivity contribution is -0.125. The van der Waals surface area contributed by atoms with Crippen molar-refractivity contribution in [2.45, 2.75) is 17.9 Å². The number of likely N-dealkylation sites (N-methyl/N-ethyl adjacent to an activating group) is 1. The fourth-order valence-corrected chi connectivity index (χ4v) is 3.99. The zero-order chi connectivity index (χ0) is 16.3. The number of amides is 1. The number of carbonyl (C=O) groups is 1. The molecule has 1 amide bonds. The van der Waals surface area contributed by atoms with Crippen molar-refractivity contribution in [2.75, 3.05) is 33.2 Å². The Morgan fingerprint density at radius 3 is 2.36 bits per heavy atom. The molecule has 6 nitrogen and oxygen atoms in total. The number of nitrogens with one attached hydrogen (secondary N) is 1. The molecule has 1 aliphatic rings. The van der Waals surface area contributed by atoms with Crippen LogP contribution in [0.2, 0.25) is 0 Å². The molecular weight excluding hydrogens is 309 g/mol. The minimum atomic E-state index is -3.84. The standard InChI is InChI=1S/C14H20FN3O3S/c1-11(14(19)16-2)17-7-9-18(10-8-17)22(20,21)13-6-4-3-5-12(13)15/h3-6,11H,7-10H2,1-2H3,(H,16,19)/t11-/m0/s1. The van der Waals surface area contributed by atoms with Crippen LogP contribution in [0.4, 0.5) is 4.39 Å². The van der Waals surface area contributed by atoms with Crippen LogP contribution >= 0.6 is 0 Å². The van der Waals surface area contributed by atoms with E-state index in [4.69, 9.17) is 0 Å². The molecule has 8 heteroatoms. The Morgan fingerprint density at radius 1 is 1.23 bits per heavy atom. The molecule has 0 radical (unpaired) electrons. The molecule has 1 atom stereocenters. The Labute approximate surface area is 130 Å². The number of hydrogen-bond acceptors (Lipinski definition) is 4. The molecule has 1 N–H and O–H groups in total. The summed E-state index contributed by atoms with van der Waals surface area (Å²) in [5.74, 6) is -0.853. The molecule has 1 aliphatic heterocycles. The van der Waals surface area contributed by atoms with Gasteiger partial charge in [0.15, 0.2) is 0 Å². The van der Waals surface area contributed by atoms with Crippen LogP contribution < -0.4 is 5.32 Å². The highest BCUT2D eigenvalue weighted by atomic mass is 32.2. The fourth-order valence-electron chi connectivity index (χ4n) is 2.50. The fraction of sp³-hybridized carbons (Fsp3) is 0.500. The number of hydrogen-bond donors (Lipinski definition) is 1. The second kappa shape index (κ2) is 6.72. The smallest absolute Gasteiger partial charge is 0.246 e. The summed E-state index contributed by atoms with van der Waals surface area (Å²) < 4.78 is 39.9. The van der Waals surface area contributed by atoms with Crippen molar-refractivity contribution in [2.24, 2.45) is 0 Å². The number of carbonyl (C=O) groups excluding carboxylic acids is 1. The van der Waals surface area contributed by atoms with Crippen LogP contribution in [0.15, 0.2) is 29.2 Å². The first-order valence-corrected chi connectivity index (χ1v) is 8.52. The van der Waals surface area contributed by atoms with Crippen molar-refractivity contribution in [1.29, 1.82) is 0 Å². The topological polar surface area (TPSA) is 69.7 Å². The van der Waals surface area contributed by atoms with Gasteiger partial charge in [0, 0.05) is 33.2 Å². The van der Waals surface area contributed by atoms with Crippen LogP contribution in [0.25, 0.3) is 0 Å². The van der Waals surface area contributed by atoms with Gasteiger partial charge in [-0.3, -0.25) is 9.69 Å². The zero-order valence-corrected chi connectivity index (χ0v) is 13.4. The normalized spacial score (nSPS) is 18.9. The van der Waals surface area contributed by atoms with E-state index in [2.05, 4.69) is 5.32 Å². The Kier molecular flexibility index (Phi) is 5.15. The van der Waals surface area contributed by atoms with Gasteiger partial charge in [0.2, 0.25) is 15.9 Å². The van der Waals surface area contributed by atoms with Crippen molar-refractivity contribution in [3.05, 3.63) is 30.1 Å². The quantitative estimate of drug-likeness (QED) is 0.861. The molecule has 1 aromatic rings. The highest BCUT2D eigenvalue weighted by molar-refractivity contribution is 7.89. The maximum atomic E-state index is 13.7. The summed E-state index contributed by atoms with van der Waals surface area (Å²) in [4.78, 5) is 13.2. The number of rotatable bonds is 4. The lowest BCUT2D eigenvalue weighted by Gasteiger charge is -2.36. The van der Waals surface area contributed by atoms with Gasteiger partial charge in [0.05, 0.1) is 6.04 Å². The first-order valence-electron chi connectivity index (χ1n) is 7.08. The molecule has 1 heterocycles. The van der Waals surface area contributed by atoms with E-state index in [-0.39, 0.29) is 29.9 Å². The van der Waals surface area contributed by atoms with E-state index in [1.807, 2.05) is 4.90 Å². The SMILES string of the molecule is CNC(=O)[C@H](C)N1CCN(S(=O)(=O)c2ccccc2F)CC1. The first kappa shape index (κ1) is 16.9. The van der Waals surface area contributed by atoms with E-state index >= 15 is 0 Å². The summed E-state index contributed by atoms with van der Waals surface area (Å²) in [6, 6.07) is 5.04. The zero-order valence-electron chi connectivity index (χ0n) is 12.6. The minimum absolute atomic E-state index is 0.106. The number of halogens is 1. The van der Waals surface area contributed by atoms with Crippen molar-refractivity contribution in [1.82, 2.24) is 14.5 Å². The van der Waals surface area contributed by atoms with E-state index in [1.54, 1.807) is 14.0 Å². The van der Waals surface area contributed by atoms with Crippen LogP contribution in [0.1, 0.15) is 6.92 Å². The van der Waals surface area contributed by atoms with Crippen LogP contribution in [-0.4, -0.2) is 62.8 Å². The largest absolute Gasteiger partial charge is 0.358 e. The minimum Gasteiger partial charge on any atom is -0.358 e. The number of benzene rings is 1. The van der Waals surface area contributed by atoms with Gasteiger partial charge in [-0.2, -0.15) is 4.31 Å². The molecule has 1 saturated heterocycles. The maximum absolute atomic E-state index is 13.7. The van der Waals surface area contributed by atoms with E-state index in [9.17, 15) is 17.6 Å². The van der Waals surface area contributed by atoms with Gasteiger partial charge in [0.25, 0.3) is 0 Å². The summed E-state index contributed by atoms with van der Waals surface area (Å²) in [7, 11) is -2.27. The molecule has 0 spiro atoms. The Hall–Kier alpha value is -1.51. The molecule has 0 bridgehead atoms. The van der Waals surface area contributed by atoms with Gasteiger partial charge < -0.3 is 5.32 Å². The van der Waals surface area contributed by atoms with Gasteiger partial charge >= 0.3 is 0 Å². The first-order chi connectivity index (χ1) is 10.4. The van der Waals surface area contributed by atoms with E-state index < -0.39 is 15.8 Å². The molecule has 0 saturated carbocycles. The molecule has 22 heavy (non-hydrogen) atoms. The molecular formula is C14H20FN3O3S. The second-order valence-corrected chi connectivity index (χ2v) is 7.07. The van der Waals surface area contributed by atoms with E-state index in [0.29, 0.717) is 13.1 Å².